The normalized spacial score (nSPS) is 21.7. The molecule has 0 saturated carbocycles. The molecule has 20 heavy (non-hydrogen) atoms. The minimum Gasteiger partial charge on any atom is -0.444 e. The fourth-order valence-electron chi connectivity index (χ4n) is 2.48. The van der Waals surface area contributed by atoms with Gasteiger partial charge in [-0.25, -0.2) is 4.79 Å². The quantitative estimate of drug-likeness (QED) is 0.795. The SMILES string of the molecule is CCC1=NC2(CCN(C(=O)OC(C)(C)C)CC2)C(=O)N1. The van der Waals surface area contributed by atoms with Crippen molar-refractivity contribution >= 4 is 17.8 Å². The van der Waals surface area contributed by atoms with E-state index in [1.54, 1.807) is 4.90 Å². The first-order valence-corrected chi connectivity index (χ1v) is 7.14. The molecule has 1 N–H and O–H groups in total. The van der Waals surface area contributed by atoms with E-state index in [-0.39, 0.29) is 12.0 Å². The smallest absolute Gasteiger partial charge is 0.410 e. The van der Waals surface area contributed by atoms with Crippen molar-refractivity contribution in [1.29, 1.82) is 0 Å². The molecule has 0 radical (unpaired) electrons. The lowest BCUT2D eigenvalue weighted by atomic mass is 9.88. The Morgan fingerprint density at radius 2 is 2.00 bits per heavy atom. The van der Waals surface area contributed by atoms with Gasteiger partial charge in [0.1, 0.15) is 17.0 Å². The number of nitrogens with zero attached hydrogens (tertiary/aromatic N) is 2. The minimum atomic E-state index is -0.663. The Hall–Kier alpha value is -1.59. The molecule has 0 aliphatic carbocycles. The Balaban J connectivity index is 1.98. The van der Waals surface area contributed by atoms with Gasteiger partial charge in [-0.3, -0.25) is 9.79 Å². The van der Waals surface area contributed by atoms with Crippen LogP contribution in [-0.2, 0) is 9.53 Å². The second-order valence-corrected chi connectivity index (χ2v) is 6.37. The lowest BCUT2D eigenvalue weighted by Crippen LogP contribution is -2.51. The Bertz CT molecular complexity index is 443. The molecule has 0 aromatic carbocycles. The zero-order valence-corrected chi connectivity index (χ0v) is 12.7. The average molecular weight is 281 g/mol. The van der Waals surface area contributed by atoms with Crippen LogP contribution in [0.15, 0.2) is 4.99 Å². The number of amides is 2. The lowest BCUT2D eigenvalue weighted by molar-refractivity contribution is -0.125. The van der Waals surface area contributed by atoms with Crippen LogP contribution >= 0.6 is 0 Å². The third-order valence-corrected chi connectivity index (χ3v) is 3.61. The van der Waals surface area contributed by atoms with E-state index in [1.165, 1.54) is 0 Å². The van der Waals surface area contributed by atoms with Gasteiger partial charge in [0.15, 0.2) is 0 Å². The van der Waals surface area contributed by atoms with Gasteiger partial charge in [0.05, 0.1) is 0 Å². The van der Waals surface area contributed by atoms with E-state index in [1.807, 2.05) is 27.7 Å². The van der Waals surface area contributed by atoms with Gasteiger partial charge >= 0.3 is 6.09 Å². The van der Waals surface area contributed by atoms with Gasteiger partial charge in [-0.05, 0) is 33.6 Å². The van der Waals surface area contributed by atoms with E-state index in [0.717, 1.165) is 12.3 Å². The number of carbonyl (C=O) groups is 2. The molecule has 0 atom stereocenters. The van der Waals surface area contributed by atoms with Crippen LogP contribution in [-0.4, -0.2) is 47.0 Å². The van der Waals surface area contributed by atoms with Gasteiger partial charge in [0.25, 0.3) is 5.91 Å². The van der Waals surface area contributed by atoms with Crippen LogP contribution < -0.4 is 5.32 Å². The number of likely N-dealkylation sites (tertiary alicyclic amines) is 1. The molecular formula is C14H23N3O3. The molecule has 6 heteroatoms. The minimum absolute atomic E-state index is 0.0295. The third kappa shape index (κ3) is 2.94. The molecule has 112 valence electrons. The fraction of sp³-hybridized carbons (Fsp3) is 0.786. The Morgan fingerprint density at radius 1 is 1.40 bits per heavy atom. The van der Waals surface area contributed by atoms with E-state index >= 15 is 0 Å². The Morgan fingerprint density at radius 3 is 2.45 bits per heavy atom. The summed E-state index contributed by atoms with van der Waals surface area (Å²) in [6.45, 7) is 8.51. The Labute approximate surface area is 119 Å². The van der Waals surface area contributed by atoms with Gasteiger partial charge in [0.2, 0.25) is 0 Å². The molecule has 2 aliphatic heterocycles. The van der Waals surface area contributed by atoms with Crippen molar-refractivity contribution in [2.24, 2.45) is 4.99 Å². The first-order chi connectivity index (χ1) is 9.26. The molecular weight excluding hydrogens is 258 g/mol. The number of aliphatic imine (C=N–C) groups is 1. The largest absolute Gasteiger partial charge is 0.444 e. The number of carbonyl (C=O) groups excluding carboxylic acids is 2. The number of nitrogens with one attached hydrogen (secondary N) is 1. The third-order valence-electron chi connectivity index (χ3n) is 3.61. The molecule has 2 rings (SSSR count). The molecule has 2 amide bonds. The summed E-state index contributed by atoms with van der Waals surface area (Å²) >= 11 is 0. The highest BCUT2D eigenvalue weighted by Crippen LogP contribution is 2.30. The second kappa shape index (κ2) is 5.07. The van der Waals surface area contributed by atoms with Crippen molar-refractivity contribution in [1.82, 2.24) is 10.2 Å². The standard InChI is InChI=1S/C14H23N3O3/c1-5-10-15-11(18)14(16-10)6-8-17(9-7-14)12(19)20-13(2,3)4/h5-9H2,1-4H3,(H,15,16,18). The van der Waals surface area contributed by atoms with Crippen molar-refractivity contribution in [3.05, 3.63) is 0 Å². The van der Waals surface area contributed by atoms with E-state index < -0.39 is 11.1 Å². The van der Waals surface area contributed by atoms with E-state index in [9.17, 15) is 9.59 Å². The van der Waals surface area contributed by atoms with Crippen LogP contribution in [0.25, 0.3) is 0 Å². The number of ether oxygens (including phenoxy) is 1. The highest BCUT2D eigenvalue weighted by atomic mass is 16.6. The molecule has 0 aromatic heterocycles. The molecule has 0 aromatic rings. The van der Waals surface area contributed by atoms with Gasteiger partial charge in [-0.2, -0.15) is 0 Å². The summed E-state index contributed by atoms with van der Waals surface area (Å²) in [5.41, 5.74) is -1.16. The van der Waals surface area contributed by atoms with Gasteiger partial charge in [0, 0.05) is 19.5 Å². The van der Waals surface area contributed by atoms with Gasteiger partial charge in [-0.15, -0.1) is 0 Å². The molecule has 6 nitrogen and oxygen atoms in total. The fourth-order valence-corrected chi connectivity index (χ4v) is 2.48. The molecule has 2 aliphatic rings. The molecule has 0 bridgehead atoms. The second-order valence-electron chi connectivity index (χ2n) is 6.37. The van der Waals surface area contributed by atoms with Crippen molar-refractivity contribution in [3.63, 3.8) is 0 Å². The molecule has 2 heterocycles. The number of hydrogen-bond donors (Lipinski definition) is 1. The van der Waals surface area contributed by atoms with Crippen LogP contribution in [0.2, 0.25) is 0 Å². The monoisotopic (exact) mass is 281 g/mol. The van der Waals surface area contributed by atoms with Crippen molar-refractivity contribution in [3.8, 4) is 0 Å². The maximum absolute atomic E-state index is 12.1. The number of amidine groups is 1. The lowest BCUT2D eigenvalue weighted by Gasteiger charge is -2.36. The van der Waals surface area contributed by atoms with Gasteiger partial charge in [-0.1, -0.05) is 6.92 Å². The van der Waals surface area contributed by atoms with E-state index in [4.69, 9.17) is 4.74 Å². The zero-order chi connectivity index (χ0) is 15.0. The first-order valence-electron chi connectivity index (χ1n) is 7.14. The zero-order valence-electron chi connectivity index (χ0n) is 12.7. The van der Waals surface area contributed by atoms with Crippen molar-refractivity contribution in [2.45, 2.75) is 58.1 Å². The molecule has 0 unspecified atom stereocenters. The highest BCUT2D eigenvalue weighted by molar-refractivity contribution is 6.08. The maximum atomic E-state index is 12.1. The van der Waals surface area contributed by atoms with Crippen molar-refractivity contribution in [2.75, 3.05) is 13.1 Å². The highest BCUT2D eigenvalue weighted by Gasteiger charge is 2.46. The first kappa shape index (κ1) is 14.8. The predicted molar refractivity (Wildman–Crippen MR) is 75.6 cm³/mol. The Kier molecular flexibility index (Phi) is 3.75. The number of piperidine rings is 1. The van der Waals surface area contributed by atoms with Crippen LogP contribution in [0, 0.1) is 0 Å². The summed E-state index contributed by atoms with van der Waals surface area (Å²) in [5, 5.41) is 2.82. The van der Waals surface area contributed by atoms with Crippen LogP contribution in [0.3, 0.4) is 0 Å². The van der Waals surface area contributed by atoms with Gasteiger partial charge < -0.3 is 15.0 Å². The van der Waals surface area contributed by atoms with E-state index in [2.05, 4.69) is 10.3 Å². The molecule has 1 fully saturated rings. The number of rotatable bonds is 1. The summed E-state index contributed by atoms with van der Waals surface area (Å²) in [6.07, 6.45) is 1.53. The molecule has 1 saturated heterocycles. The summed E-state index contributed by atoms with van der Waals surface area (Å²) in [5.74, 6) is 0.721. The van der Waals surface area contributed by atoms with Crippen LogP contribution in [0.5, 0.6) is 0 Å². The summed E-state index contributed by atoms with van der Waals surface area (Å²) in [6, 6.07) is 0. The topological polar surface area (TPSA) is 71.0 Å². The van der Waals surface area contributed by atoms with E-state index in [0.29, 0.717) is 25.9 Å². The number of hydrogen-bond acceptors (Lipinski definition) is 4. The average Bonchev–Trinajstić information content (AvgIpc) is 2.65. The summed E-state index contributed by atoms with van der Waals surface area (Å²) in [7, 11) is 0. The predicted octanol–water partition coefficient (Wildman–Crippen LogP) is 1.69. The van der Waals surface area contributed by atoms with Crippen LogP contribution in [0.1, 0.15) is 47.0 Å². The van der Waals surface area contributed by atoms with Crippen LogP contribution in [0.4, 0.5) is 4.79 Å². The summed E-state index contributed by atoms with van der Waals surface area (Å²) < 4.78 is 5.35. The summed E-state index contributed by atoms with van der Waals surface area (Å²) in [4.78, 5) is 30.2. The van der Waals surface area contributed by atoms with Crippen molar-refractivity contribution < 1.29 is 14.3 Å². The maximum Gasteiger partial charge on any atom is 0.410 e. The molecule has 1 spiro atoms.